The maximum absolute atomic E-state index is 13.0. The maximum Gasteiger partial charge on any atom is 0.708 e. The number of hydrogen-bond donors (Lipinski definition) is 7. The van der Waals surface area contributed by atoms with Gasteiger partial charge in [0, 0.05) is 28.2 Å². The highest BCUT2D eigenvalue weighted by Crippen LogP contribution is 2.69. The predicted octanol–water partition coefficient (Wildman–Crippen LogP) is 3.48. The molecule has 0 aliphatic carbocycles. The van der Waals surface area contributed by atoms with E-state index in [9.17, 15) is 65.9 Å². The molecule has 1 aromatic carbocycles. The highest BCUT2D eigenvalue weighted by atomic mass is 32.2. The summed E-state index contributed by atoms with van der Waals surface area (Å²) in [6.45, 7) is -1.55. The number of fused-ring (bicyclic) bond motifs is 4. The van der Waals surface area contributed by atoms with E-state index in [4.69, 9.17) is 23.5 Å². The molecule has 5 aliphatic rings. The van der Waals surface area contributed by atoms with Crippen molar-refractivity contribution in [2.24, 2.45) is 0 Å². The number of ether oxygens (including phenoxy) is 4. The maximum atomic E-state index is 13.0. The topological polar surface area (TPSA) is 354 Å². The molecular formula is C33H40F3N7O20P4S2+2. The first-order valence-corrected chi connectivity index (χ1v) is 27.9. The summed E-state index contributed by atoms with van der Waals surface area (Å²) in [7, 11) is -21.7. The van der Waals surface area contributed by atoms with Gasteiger partial charge in [0.1, 0.15) is 43.3 Å². The van der Waals surface area contributed by atoms with Crippen LogP contribution < -0.4 is 10.6 Å². The number of amides is 3. The number of urea groups is 1. The molecular weight excluding hydrogens is 1060 g/mol. The van der Waals surface area contributed by atoms with Crippen molar-refractivity contribution in [1.82, 2.24) is 24.8 Å². The molecule has 14 atom stereocenters. The van der Waals surface area contributed by atoms with Crippen LogP contribution in [0.5, 0.6) is 0 Å². The van der Waals surface area contributed by atoms with E-state index in [1.807, 2.05) is 6.26 Å². The largest absolute Gasteiger partial charge is 0.708 e. The molecule has 3 aromatic rings. The summed E-state index contributed by atoms with van der Waals surface area (Å²) in [5.74, 6) is -0.351. The average molecular weight is 1100 g/mol. The zero-order valence-electron chi connectivity index (χ0n) is 35.0. The quantitative estimate of drug-likeness (QED) is 0.0200. The van der Waals surface area contributed by atoms with Crippen LogP contribution in [0.3, 0.4) is 0 Å². The highest BCUT2D eigenvalue weighted by molar-refractivity contribution is 7.99. The Kier molecular flexibility index (Phi) is 15.4. The summed E-state index contributed by atoms with van der Waals surface area (Å²) in [5, 5.41) is 26.8. The van der Waals surface area contributed by atoms with Crippen LogP contribution in [0.15, 0.2) is 54.1 Å². The third-order valence-electron chi connectivity index (χ3n) is 10.8. The molecule has 27 nitrogen and oxygen atoms in total. The van der Waals surface area contributed by atoms with Crippen molar-refractivity contribution in [3.63, 3.8) is 0 Å². The Morgan fingerprint density at radius 2 is 1.74 bits per heavy atom. The SMILES string of the molecule is CSCCNc1nc(SCCC(F)(F)F)nc2c1ncn2C1OC(COP(=O)(O)OP(=O)(O)OP(=O)(O)O[P+](=O)OCC2OC3(C[N+]34C=CC(=O)NC4=O)C3OC(c4ccccc4)OC23)C(O)C1O. The van der Waals surface area contributed by atoms with Gasteiger partial charge in [0.25, 0.3) is 11.6 Å². The molecule has 0 saturated carbocycles. The van der Waals surface area contributed by atoms with Crippen LogP contribution in [-0.2, 0) is 64.0 Å². The number of rotatable bonds is 21. The monoisotopic (exact) mass is 1100 g/mol. The number of imide groups is 1. The summed E-state index contributed by atoms with van der Waals surface area (Å²) >= 11 is 2.18. The van der Waals surface area contributed by atoms with Gasteiger partial charge in [0.15, 0.2) is 47.3 Å². The van der Waals surface area contributed by atoms with Crippen LogP contribution in [0.4, 0.5) is 23.8 Å². The summed E-state index contributed by atoms with van der Waals surface area (Å²) in [4.78, 5) is 68.2. The van der Waals surface area contributed by atoms with E-state index in [-0.39, 0.29) is 28.7 Å². The highest BCUT2D eigenvalue weighted by Gasteiger charge is 2.87. The van der Waals surface area contributed by atoms with Crippen LogP contribution in [0.1, 0.15) is 24.5 Å². The summed E-state index contributed by atoms with van der Waals surface area (Å²) in [6.07, 6.45) is -11.4. The molecule has 5 aliphatic heterocycles. The molecule has 3 amide bonds. The number of halogens is 3. The third-order valence-corrected chi connectivity index (χ3v) is 17.7. The first-order valence-electron chi connectivity index (χ1n) is 19.9. The summed E-state index contributed by atoms with van der Waals surface area (Å²) in [6, 6.07) is 7.87. The smallest absolute Gasteiger partial charge is 0.387 e. The molecule has 36 heteroatoms. The fraction of sp³-hybridized carbons (Fsp3) is 0.545. The standard InChI is InChI=1S/C33H38F3N7O20P4S2/c1-68-12-9-37-26-21-27(41-30(40-26)69-11-8-33(34,35)36)42(16-38-21)28-23(46)22(45)18(57-28)14-56-65(49,50)62-67(53,54)63-66(51,52)61-64(48)55-13-19-24-25(59-29(58-24)17-5-3-2-4-6-17)32(60-19)15-43(32)10-7-20(44)39-31(43)47/h2-7,10,16,18-19,22-25,28-29,45-46H,8-9,11-15H2,1H3,(H3-2,37,39,40,41,44,47,49,50,51,52,53,54)/p+2. The van der Waals surface area contributed by atoms with Crippen molar-refractivity contribution in [2.75, 3.05) is 49.4 Å². The second-order valence-electron chi connectivity index (χ2n) is 15.4. The number of thioether (sulfide) groups is 2. The van der Waals surface area contributed by atoms with Crippen molar-refractivity contribution in [3.05, 3.63) is 54.5 Å². The first-order chi connectivity index (χ1) is 32.4. The summed E-state index contributed by atoms with van der Waals surface area (Å²) < 4.78 is 136. The summed E-state index contributed by atoms with van der Waals surface area (Å²) in [5.41, 5.74) is -0.816. The second-order valence-corrected chi connectivity index (χ2v) is 23.1. The van der Waals surface area contributed by atoms with E-state index in [1.165, 1.54) is 18.0 Å². The number of hydrogen-bond acceptors (Lipinski definition) is 23. The normalized spacial score (nSPS) is 32.5. The second kappa shape index (κ2) is 20.2. The molecule has 2 spiro atoms. The number of nitrogens with zero attached hydrogens (tertiary/aromatic N) is 5. The van der Waals surface area contributed by atoms with Crippen LogP contribution >= 0.6 is 55.2 Å². The lowest BCUT2D eigenvalue weighted by molar-refractivity contribution is -0.716. The number of anilines is 1. The minimum atomic E-state index is -6.17. The van der Waals surface area contributed by atoms with Gasteiger partial charge < -0.3 is 44.3 Å². The van der Waals surface area contributed by atoms with Gasteiger partial charge in [0.2, 0.25) is 0 Å². The number of quaternary nitrogens is 1. The van der Waals surface area contributed by atoms with Crippen LogP contribution in [0.25, 0.3) is 11.2 Å². The minimum Gasteiger partial charge on any atom is -0.387 e. The lowest BCUT2D eigenvalue weighted by atomic mass is 10.1. The number of alkyl halides is 3. The molecule has 7 heterocycles. The van der Waals surface area contributed by atoms with Gasteiger partial charge in [0.05, 0.1) is 25.4 Å². The number of phosphoric acid groups is 3. The van der Waals surface area contributed by atoms with Crippen LogP contribution in [0, 0.1) is 0 Å². The van der Waals surface area contributed by atoms with E-state index in [2.05, 4.69) is 43.0 Å². The van der Waals surface area contributed by atoms with Crippen molar-refractivity contribution in [1.29, 1.82) is 0 Å². The molecule has 14 unspecified atom stereocenters. The van der Waals surface area contributed by atoms with E-state index in [0.29, 0.717) is 29.6 Å². The van der Waals surface area contributed by atoms with E-state index in [1.54, 1.807) is 30.3 Å². The number of aliphatic hydroxyl groups excluding tert-OH is 2. The van der Waals surface area contributed by atoms with Gasteiger partial charge in [-0.25, -0.2) is 38.8 Å². The van der Waals surface area contributed by atoms with Gasteiger partial charge >= 0.3 is 43.9 Å². The zero-order chi connectivity index (χ0) is 49.7. The van der Waals surface area contributed by atoms with Gasteiger partial charge in [-0.3, -0.25) is 18.8 Å². The fourth-order valence-corrected chi connectivity index (χ4v) is 13.4. The number of nitrogens with one attached hydrogen (secondary N) is 2. The van der Waals surface area contributed by atoms with Crippen molar-refractivity contribution >= 4 is 84.2 Å². The lowest BCUT2D eigenvalue weighted by Gasteiger charge is -2.23. The third kappa shape index (κ3) is 11.5. The number of phosphoric ester groups is 1. The molecule has 8 rings (SSSR count). The van der Waals surface area contributed by atoms with Gasteiger partial charge in [-0.05, 0) is 10.6 Å². The van der Waals surface area contributed by atoms with Crippen molar-refractivity contribution < 1.29 is 111 Å². The number of carbonyl (C=O) groups is 2. The Balaban J connectivity index is 0.859. The molecule has 378 valence electrons. The number of benzene rings is 1. The number of carbonyl (C=O) groups excluding carboxylic acids is 2. The molecule has 2 aromatic heterocycles. The van der Waals surface area contributed by atoms with Crippen molar-refractivity contribution in [3.8, 4) is 0 Å². The van der Waals surface area contributed by atoms with Crippen molar-refractivity contribution in [2.45, 2.75) is 72.6 Å². The molecule has 4 saturated heterocycles. The van der Waals surface area contributed by atoms with Crippen LogP contribution in [0.2, 0.25) is 0 Å². The lowest BCUT2D eigenvalue weighted by Crippen LogP contribution is -2.52. The molecule has 69 heavy (non-hydrogen) atoms. The Hall–Kier alpha value is -2.87. The Labute approximate surface area is 395 Å². The van der Waals surface area contributed by atoms with E-state index >= 15 is 0 Å². The minimum absolute atomic E-state index is 0.0216. The Bertz CT molecular complexity index is 2650. The molecule has 4 fully saturated rings. The van der Waals surface area contributed by atoms with Gasteiger partial charge in [-0.1, -0.05) is 42.1 Å². The molecule has 0 bridgehead atoms. The van der Waals surface area contributed by atoms with Gasteiger partial charge in [-0.2, -0.15) is 38.0 Å². The first kappa shape index (κ1) is 52.5. The van der Waals surface area contributed by atoms with Gasteiger partial charge in [-0.15, -0.1) is 4.52 Å². The number of aromatic nitrogens is 4. The Morgan fingerprint density at radius 3 is 2.45 bits per heavy atom. The van der Waals surface area contributed by atoms with E-state index < -0.39 is 135 Å². The number of imidazole rings is 1. The van der Waals surface area contributed by atoms with Crippen LogP contribution in [-0.4, -0.2) is 153 Å². The van der Waals surface area contributed by atoms with E-state index in [0.717, 1.165) is 17.0 Å². The zero-order valence-corrected chi connectivity index (χ0v) is 40.2. The Morgan fingerprint density at radius 1 is 1.00 bits per heavy atom. The molecule has 7 N–H and O–H groups in total. The number of aliphatic hydroxyl groups is 2. The molecule has 0 radical (unpaired) electrons. The predicted molar refractivity (Wildman–Crippen MR) is 226 cm³/mol. The fourth-order valence-electron chi connectivity index (χ4n) is 7.72. The average Bonchev–Trinajstić information content (AvgIpc) is 3.68.